The van der Waals surface area contributed by atoms with E-state index in [-0.39, 0.29) is 5.91 Å². The first-order chi connectivity index (χ1) is 13.2. The minimum absolute atomic E-state index is 0.00958. The van der Waals surface area contributed by atoms with Crippen molar-refractivity contribution in [3.8, 4) is 5.75 Å². The number of ether oxygens (including phenoxy) is 1. The van der Waals surface area contributed by atoms with Crippen molar-refractivity contribution in [1.29, 1.82) is 0 Å². The molecule has 2 aromatic carbocycles. The molecular formula is C21H19ClN2O2S. The molecule has 2 aliphatic heterocycles. The lowest BCUT2D eigenvalue weighted by atomic mass is 10.1. The van der Waals surface area contributed by atoms with Gasteiger partial charge >= 0.3 is 0 Å². The fourth-order valence-electron chi connectivity index (χ4n) is 3.02. The zero-order chi connectivity index (χ0) is 18.6. The molecule has 0 saturated carbocycles. The van der Waals surface area contributed by atoms with E-state index < -0.39 is 0 Å². The fraction of sp³-hybridized carbons (Fsp3) is 0.238. The number of amidine groups is 1. The topological polar surface area (TPSA) is 41.9 Å². The van der Waals surface area contributed by atoms with Crippen molar-refractivity contribution in [3.05, 3.63) is 70.4 Å². The zero-order valence-electron chi connectivity index (χ0n) is 14.7. The van der Waals surface area contributed by atoms with Crippen LogP contribution in [0.5, 0.6) is 5.75 Å². The van der Waals surface area contributed by atoms with Gasteiger partial charge in [0.1, 0.15) is 18.1 Å². The predicted molar refractivity (Wildman–Crippen MR) is 111 cm³/mol. The first-order valence-corrected chi connectivity index (χ1v) is 10.3. The predicted octanol–water partition coefficient (Wildman–Crippen LogP) is 4.99. The van der Waals surface area contributed by atoms with Crippen molar-refractivity contribution >= 4 is 40.5 Å². The minimum Gasteiger partial charge on any atom is -0.489 e. The molecule has 0 spiro atoms. The summed E-state index contributed by atoms with van der Waals surface area (Å²) in [5.41, 5.74) is 2.40. The second kappa shape index (κ2) is 8.19. The summed E-state index contributed by atoms with van der Waals surface area (Å²) in [6.07, 6.45) is 3.98. The Morgan fingerprint density at radius 2 is 2.07 bits per heavy atom. The Kier molecular flexibility index (Phi) is 5.50. The van der Waals surface area contributed by atoms with Gasteiger partial charge in [0.25, 0.3) is 5.91 Å². The summed E-state index contributed by atoms with van der Waals surface area (Å²) < 4.78 is 5.87. The van der Waals surface area contributed by atoms with E-state index in [2.05, 4.69) is 4.99 Å². The number of thioether (sulfide) groups is 1. The molecule has 0 radical (unpaired) electrons. The standard InChI is InChI=1S/C21H19ClN2O2S/c22-17-7-3-6-16(11-17)14-26-18-8-4-5-15(12-18)13-19-20(25)24-9-1-2-10-27-21(24)23-19/h3-8,11-13H,1-2,9-10,14H2/b19-13-. The van der Waals surface area contributed by atoms with Gasteiger partial charge in [-0.2, -0.15) is 0 Å². The van der Waals surface area contributed by atoms with Gasteiger partial charge in [0, 0.05) is 17.3 Å². The van der Waals surface area contributed by atoms with Gasteiger partial charge in [0.15, 0.2) is 5.17 Å². The summed E-state index contributed by atoms with van der Waals surface area (Å²) in [4.78, 5) is 18.9. The maximum Gasteiger partial charge on any atom is 0.278 e. The molecule has 4 rings (SSSR count). The lowest BCUT2D eigenvalue weighted by molar-refractivity contribution is -0.122. The van der Waals surface area contributed by atoms with Crippen LogP contribution in [0.3, 0.4) is 0 Å². The molecule has 0 aromatic heterocycles. The number of carbonyl (C=O) groups is 1. The van der Waals surface area contributed by atoms with Gasteiger partial charge in [0.05, 0.1) is 0 Å². The Hall–Kier alpha value is -2.24. The average molecular weight is 399 g/mol. The van der Waals surface area contributed by atoms with Crippen LogP contribution in [0.4, 0.5) is 0 Å². The number of benzene rings is 2. The highest BCUT2D eigenvalue weighted by Crippen LogP contribution is 2.28. The van der Waals surface area contributed by atoms with Crippen molar-refractivity contribution < 1.29 is 9.53 Å². The van der Waals surface area contributed by atoms with Gasteiger partial charge in [0.2, 0.25) is 0 Å². The highest BCUT2D eigenvalue weighted by molar-refractivity contribution is 8.13. The van der Waals surface area contributed by atoms with Crippen molar-refractivity contribution in [1.82, 2.24) is 4.90 Å². The van der Waals surface area contributed by atoms with Gasteiger partial charge in [-0.1, -0.05) is 47.6 Å². The normalized spacial score (nSPS) is 18.3. The van der Waals surface area contributed by atoms with Crippen LogP contribution < -0.4 is 4.74 Å². The van der Waals surface area contributed by atoms with Crippen LogP contribution in [-0.4, -0.2) is 28.3 Å². The summed E-state index contributed by atoms with van der Waals surface area (Å²) >= 11 is 7.67. The molecule has 138 valence electrons. The Morgan fingerprint density at radius 1 is 1.19 bits per heavy atom. The lowest BCUT2D eigenvalue weighted by Gasteiger charge is -2.13. The quantitative estimate of drug-likeness (QED) is 0.681. The van der Waals surface area contributed by atoms with Crippen LogP contribution in [0.15, 0.2) is 59.2 Å². The fourth-order valence-corrected chi connectivity index (χ4v) is 4.26. The number of amides is 1. The first-order valence-electron chi connectivity index (χ1n) is 8.91. The third-order valence-electron chi connectivity index (χ3n) is 4.37. The summed E-state index contributed by atoms with van der Waals surface area (Å²) in [5.74, 6) is 1.75. The number of halogens is 1. The monoisotopic (exact) mass is 398 g/mol. The molecule has 2 aromatic rings. The number of nitrogens with zero attached hydrogens (tertiary/aromatic N) is 2. The first kappa shape index (κ1) is 18.1. The SMILES string of the molecule is O=C1/C(=C/c2cccc(OCc3cccc(Cl)c3)c2)N=C2SCCCCN12. The van der Waals surface area contributed by atoms with Gasteiger partial charge in [-0.3, -0.25) is 9.69 Å². The molecule has 1 fully saturated rings. The molecule has 4 nitrogen and oxygen atoms in total. The summed E-state index contributed by atoms with van der Waals surface area (Å²) in [6.45, 7) is 1.19. The van der Waals surface area contributed by atoms with Crippen LogP contribution >= 0.6 is 23.4 Å². The third kappa shape index (κ3) is 4.37. The molecule has 0 atom stereocenters. The number of fused-ring (bicyclic) bond motifs is 1. The van der Waals surface area contributed by atoms with Crippen molar-refractivity contribution in [2.24, 2.45) is 4.99 Å². The average Bonchev–Trinajstić information content (AvgIpc) is 2.84. The number of aliphatic imine (C=N–C) groups is 1. The van der Waals surface area contributed by atoms with E-state index in [4.69, 9.17) is 16.3 Å². The molecule has 0 bridgehead atoms. The van der Waals surface area contributed by atoms with Crippen LogP contribution in [0.1, 0.15) is 24.0 Å². The van der Waals surface area contributed by atoms with Gasteiger partial charge in [-0.05, 0) is 54.3 Å². The Bertz CT molecular complexity index is 926. The highest BCUT2D eigenvalue weighted by Gasteiger charge is 2.31. The second-order valence-corrected chi connectivity index (χ2v) is 7.93. The van der Waals surface area contributed by atoms with Crippen LogP contribution in [-0.2, 0) is 11.4 Å². The van der Waals surface area contributed by atoms with Crippen LogP contribution in [0, 0.1) is 0 Å². The number of carbonyl (C=O) groups excluding carboxylic acids is 1. The molecule has 27 heavy (non-hydrogen) atoms. The maximum atomic E-state index is 12.6. The van der Waals surface area contributed by atoms with Gasteiger partial charge in [-0.25, -0.2) is 4.99 Å². The number of rotatable bonds is 4. The largest absolute Gasteiger partial charge is 0.489 e. The Labute approximate surface area is 167 Å². The van der Waals surface area contributed by atoms with E-state index in [1.165, 1.54) is 0 Å². The van der Waals surface area contributed by atoms with Gasteiger partial charge < -0.3 is 4.74 Å². The van der Waals surface area contributed by atoms with Crippen molar-refractivity contribution in [2.75, 3.05) is 12.3 Å². The molecule has 2 aliphatic rings. The Balaban J connectivity index is 1.49. The molecule has 1 amide bonds. The minimum atomic E-state index is -0.00958. The van der Waals surface area contributed by atoms with E-state index in [9.17, 15) is 4.79 Å². The van der Waals surface area contributed by atoms with E-state index in [1.54, 1.807) is 16.7 Å². The Morgan fingerprint density at radius 3 is 2.96 bits per heavy atom. The smallest absolute Gasteiger partial charge is 0.278 e. The van der Waals surface area contributed by atoms with E-state index in [0.717, 1.165) is 47.2 Å². The van der Waals surface area contributed by atoms with E-state index in [0.29, 0.717) is 17.3 Å². The van der Waals surface area contributed by atoms with Gasteiger partial charge in [-0.15, -0.1) is 0 Å². The number of hydrogen-bond acceptors (Lipinski definition) is 4. The second-order valence-electron chi connectivity index (χ2n) is 6.43. The summed E-state index contributed by atoms with van der Waals surface area (Å²) in [6, 6.07) is 15.3. The molecule has 0 unspecified atom stereocenters. The van der Waals surface area contributed by atoms with Crippen molar-refractivity contribution in [3.63, 3.8) is 0 Å². The number of hydrogen-bond donors (Lipinski definition) is 0. The molecule has 0 aliphatic carbocycles. The van der Waals surface area contributed by atoms with Crippen LogP contribution in [0.2, 0.25) is 5.02 Å². The van der Waals surface area contributed by atoms with Crippen molar-refractivity contribution in [2.45, 2.75) is 19.4 Å². The molecule has 2 heterocycles. The zero-order valence-corrected chi connectivity index (χ0v) is 16.3. The van der Waals surface area contributed by atoms with E-state index in [1.807, 2.05) is 54.6 Å². The highest BCUT2D eigenvalue weighted by atomic mass is 35.5. The third-order valence-corrected chi connectivity index (χ3v) is 5.67. The maximum absolute atomic E-state index is 12.6. The lowest BCUT2D eigenvalue weighted by Crippen LogP contribution is -2.30. The van der Waals surface area contributed by atoms with Crippen LogP contribution in [0.25, 0.3) is 6.08 Å². The molecular weight excluding hydrogens is 380 g/mol. The summed E-state index contributed by atoms with van der Waals surface area (Å²) in [5, 5.41) is 1.52. The summed E-state index contributed by atoms with van der Waals surface area (Å²) in [7, 11) is 0. The molecule has 6 heteroatoms. The van der Waals surface area contributed by atoms with E-state index >= 15 is 0 Å². The molecule has 0 N–H and O–H groups in total. The molecule has 1 saturated heterocycles.